The van der Waals surface area contributed by atoms with E-state index in [4.69, 9.17) is 0 Å². The van der Waals surface area contributed by atoms with E-state index in [9.17, 15) is 0 Å². The van der Waals surface area contributed by atoms with Gasteiger partial charge in [-0.05, 0) is 191 Å². The average molecular weight is 1090 g/mol. The first kappa shape index (κ1) is 50.0. The summed E-state index contributed by atoms with van der Waals surface area (Å²) in [4.78, 5) is 9.32. The smallest absolute Gasteiger partial charge is 0.0463 e. The molecule has 12 aromatic carbocycles. The molecule has 0 aliphatic rings. The van der Waals surface area contributed by atoms with Crippen LogP contribution in [-0.2, 0) is 0 Å². The lowest BCUT2D eigenvalue weighted by molar-refractivity contribution is 1.25. The number of fused-ring (bicyclic) bond motifs is 2. The molecule has 4 nitrogen and oxygen atoms in total. The lowest BCUT2D eigenvalue weighted by Gasteiger charge is -2.28. The van der Waals surface area contributed by atoms with Crippen LogP contribution in [-0.4, -0.2) is 0 Å². The van der Waals surface area contributed by atoms with Crippen molar-refractivity contribution in [2.75, 3.05) is 19.6 Å². The van der Waals surface area contributed by atoms with Gasteiger partial charge in [0.15, 0.2) is 0 Å². The van der Waals surface area contributed by atoms with E-state index in [0.29, 0.717) is 0 Å². The molecule has 0 saturated heterocycles. The monoisotopic (exact) mass is 1090 g/mol. The summed E-state index contributed by atoms with van der Waals surface area (Å²) in [6.45, 7) is 0. The molecule has 0 aliphatic heterocycles. The van der Waals surface area contributed by atoms with E-state index >= 15 is 0 Å². The summed E-state index contributed by atoms with van der Waals surface area (Å²) in [5.74, 6) is 0. The molecule has 0 fully saturated rings. The fraction of sp³-hybridized carbons (Fsp3) is 0. The van der Waals surface area contributed by atoms with Crippen LogP contribution in [0.2, 0.25) is 0 Å². The predicted octanol–water partition coefficient (Wildman–Crippen LogP) is 23.0. The molecule has 0 saturated carbocycles. The highest BCUT2D eigenvalue weighted by Crippen LogP contribution is 2.44. The molecule has 14 aromatic rings. The molecule has 390 valence electrons. The van der Waals surface area contributed by atoms with Crippen molar-refractivity contribution in [3.8, 4) is 33.4 Å². The minimum atomic E-state index is 1.07. The molecule has 0 aliphatic carbocycles. The third kappa shape index (κ3) is 9.98. The van der Waals surface area contributed by atoms with Gasteiger partial charge in [0, 0.05) is 99.5 Å². The van der Waals surface area contributed by atoms with Crippen molar-refractivity contribution >= 4 is 111 Å². The van der Waals surface area contributed by atoms with E-state index in [0.717, 1.165) is 79.4 Å². The summed E-state index contributed by atoms with van der Waals surface area (Å²) >= 11 is 3.59. The molecule has 0 radical (unpaired) electrons. The van der Waals surface area contributed by atoms with Crippen molar-refractivity contribution in [1.82, 2.24) is 0 Å². The Morgan fingerprint density at radius 3 is 0.622 bits per heavy atom. The molecular formula is C76H54N4S2. The maximum Gasteiger partial charge on any atom is 0.0463 e. The molecular weight excluding hydrogens is 1030 g/mol. The van der Waals surface area contributed by atoms with Gasteiger partial charge in [-0.15, -0.1) is 22.7 Å². The molecule has 0 bridgehead atoms. The summed E-state index contributed by atoms with van der Waals surface area (Å²) in [5.41, 5.74) is 20.3. The van der Waals surface area contributed by atoms with Gasteiger partial charge < -0.3 is 19.6 Å². The number of anilines is 12. The Balaban J connectivity index is 0.730. The van der Waals surface area contributed by atoms with Crippen molar-refractivity contribution in [2.45, 2.75) is 0 Å². The lowest BCUT2D eigenvalue weighted by Crippen LogP contribution is -2.12. The van der Waals surface area contributed by atoms with Crippen molar-refractivity contribution in [3.05, 3.63) is 326 Å². The first-order valence-corrected chi connectivity index (χ1v) is 29.4. The number of benzene rings is 12. The van der Waals surface area contributed by atoms with Crippen LogP contribution in [0.5, 0.6) is 0 Å². The summed E-state index contributed by atoms with van der Waals surface area (Å²) in [6.07, 6.45) is 0. The Hall–Kier alpha value is -10.2. The predicted molar refractivity (Wildman–Crippen MR) is 352 cm³/mol. The van der Waals surface area contributed by atoms with Crippen molar-refractivity contribution in [2.24, 2.45) is 0 Å². The Morgan fingerprint density at radius 1 is 0.171 bits per heavy atom. The van der Waals surface area contributed by atoms with Crippen LogP contribution < -0.4 is 19.6 Å². The number of hydrogen-bond donors (Lipinski definition) is 0. The normalized spacial score (nSPS) is 11.2. The molecule has 82 heavy (non-hydrogen) atoms. The Bertz CT molecular complexity index is 4110. The summed E-state index contributed by atoms with van der Waals surface area (Å²) in [5, 5.41) is 7.13. The number of rotatable bonds is 15. The highest BCUT2D eigenvalue weighted by atomic mass is 32.1. The molecule has 14 rings (SSSR count). The molecule has 0 unspecified atom stereocenters. The number of hydrogen-bond acceptors (Lipinski definition) is 6. The van der Waals surface area contributed by atoms with Crippen LogP contribution in [0.15, 0.2) is 326 Å². The Kier molecular flexibility index (Phi) is 13.7. The summed E-state index contributed by atoms with van der Waals surface area (Å²) < 4.78 is 2.61. The molecule has 2 heterocycles. The quantitative estimate of drug-likeness (QED) is 0.101. The topological polar surface area (TPSA) is 13.0 Å². The van der Waals surface area contributed by atoms with Crippen LogP contribution in [0.4, 0.5) is 68.2 Å². The minimum Gasteiger partial charge on any atom is -0.311 e. The van der Waals surface area contributed by atoms with E-state index in [1.165, 1.54) is 42.4 Å². The lowest BCUT2D eigenvalue weighted by atomic mass is 10.0. The third-order valence-corrected chi connectivity index (χ3v) is 17.1. The molecule has 0 N–H and O–H groups in total. The number of thiophene rings is 2. The fourth-order valence-electron chi connectivity index (χ4n) is 11.2. The van der Waals surface area contributed by atoms with E-state index in [-0.39, 0.29) is 0 Å². The van der Waals surface area contributed by atoms with Gasteiger partial charge in [0.25, 0.3) is 0 Å². The van der Waals surface area contributed by atoms with Crippen LogP contribution in [0.1, 0.15) is 0 Å². The van der Waals surface area contributed by atoms with E-state index < -0.39 is 0 Å². The highest BCUT2D eigenvalue weighted by molar-refractivity contribution is 7.18. The molecule has 0 amide bonds. The fourth-order valence-corrected chi connectivity index (χ4v) is 13.1. The highest BCUT2D eigenvalue weighted by Gasteiger charge is 2.20. The van der Waals surface area contributed by atoms with Gasteiger partial charge in [0.05, 0.1) is 0 Å². The van der Waals surface area contributed by atoms with Crippen LogP contribution in [0.25, 0.3) is 53.6 Å². The van der Waals surface area contributed by atoms with Crippen LogP contribution in [0.3, 0.4) is 0 Å². The van der Waals surface area contributed by atoms with Crippen LogP contribution >= 0.6 is 22.7 Å². The first-order valence-electron chi connectivity index (χ1n) is 27.6. The summed E-state index contributed by atoms with van der Waals surface area (Å²) in [6, 6.07) is 113. The largest absolute Gasteiger partial charge is 0.311 e. The van der Waals surface area contributed by atoms with Crippen LogP contribution in [0, 0.1) is 0 Å². The third-order valence-electron chi connectivity index (χ3n) is 15.2. The van der Waals surface area contributed by atoms with Gasteiger partial charge in [-0.1, -0.05) is 158 Å². The van der Waals surface area contributed by atoms with E-state index in [1.54, 1.807) is 22.7 Å². The van der Waals surface area contributed by atoms with Crippen molar-refractivity contribution < 1.29 is 0 Å². The van der Waals surface area contributed by atoms with Crippen molar-refractivity contribution in [1.29, 1.82) is 0 Å². The second-order valence-corrected chi connectivity index (χ2v) is 22.0. The SMILES string of the molecule is c1ccc(N(c2ccc(-c3ccc(N(c4ccccc4)c4ccc(N(c5ccccc5)c5ccc(-c6csc7ccccc67)cc5)cc4)cc3)cc2)c2ccc(N(c3ccccc3)c3ccc(-c4csc5ccccc45)cc3)cc2)cc1. The Labute approximate surface area is 487 Å². The van der Waals surface area contributed by atoms with Gasteiger partial charge in [0.1, 0.15) is 0 Å². The van der Waals surface area contributed by atoms with E-state index in [2.05, 4.69) is 346 Å². The number of nitrogens with zero attached hydrogens (tertiary/aromatic N) is 4. The molecule has 2 aromatic heterocycles. The Morgan fingerprint density at radius 2 is 0.366 bits per heavy atom. The van der Waals surface area contributed by atoms with Gasteiger partial charge in [-0.25, -0.2) is 0 Å². The average Bonchev–Trinajstić information content (AvgIpc) is 4.30. The zero-order valence-corrected chi connectivity index (χ0v) is 46.4. The van der Waals surface area contributed by atoms with Gasteiger partial charge in [-0.2, -0.15) is 0 Å². The molecule has 0 spiro atoms. The van der Waals surface area contributed by atoms with Crippen molar-refractivity contribution in [3.63, 3.8) is 0 Å². The molecule has 0 atom stereocenters. The standard InChI is InChI=1S/C76H54N4S2/c1-5-17-59(18-6-1)77(67-45-49-69(50-46-67)79(61-21-9-3-10-22-61)65-41-33-57(34-42-65)73-53-81-75-27-15-13-25-71(73)75)63-37-29-55(30-38-63)56-31-39-64(40-32-56)78(60-19-7-2-8-20-60)68-47-51-70(52-48-68)80(62-23-11-4-12-24-62)66-43-35-58(36-44-66)74-54-82-76-28-16-14-26-72(74)76/h1-54H. The van der Waals surface area contributed by atoms with Gasteiger partial charge >= 0.3 is 0 Å². The first-order chi connectivity index (χ1) is 40.7. The maximum absolute atomic E-state index is 2.33. The zero-order valence-electron chi connectivity index (χ0n) is 44.8. The maximum atomic E-state index is 2.33. The van der Waals surface area contributed by atoms with Gasteiger partial charge in [0.2, 0.25) is 0 Å². The van der Waals surface area contributed by atoms with Gasteiger partial charge in [-0.3, -0.25) is 0 Å². The second kappa shape index (κ2) is 22.5. The molecule has 6 heteroatoms. The van der Waals surface area contributed by atoms with E-state index in [1.807, 2.05) is 0 Å². The summed E-state index contributed by atoms with van der Waals surface area (Å²) in [7, 11) is 0. The zero-order chi connectivity index (χ0) is 54.6. The second-order valence-electron chi connectivity index (χ2n) is 20.2. The number of para-hydroxylation sites is 4. The minimum absolute atomic E-state index is 1.07.